The Kier molecular flexibility index (Phi) is 29.6. The summed E-state index contributed by atoms with van der Waals surface area (Å²) in [6.45, 7) is 31.7. The second-order valence-electron chi connectivity index (χ2n) is 31.2. The van der Waals surface area contributed by atoms with Crippen LogP contribution in [0.2, 0.25) is 0 Å². The number of nitrogens with one attached hydrogen (secondary N) is 4. The average Bonchev–Trinajstić information content (AvgIpc) is 1.80. The molecule has 0 aliphatic heterocycles. The molecule has 0 saturated heterocycles. The highest BCUT2D eigenvalue weighted by atomic mass is 16.3. The highest BCUT2D eigenvalue weighted by Crippen LogP contribution is 2.33. The molecule has 15 rings (SSSR count). The summed E-state index contributed by atoms with van der Waals surface area (Å²) in [6, 6.07) is 46.6. The van der Waals surface area contributed by atoms with Gasteiger partial charge in [-0.2, -0.15) is 10.5 Å². The first-order valence-corrected chi connectivity index (χ1v) is 41.1. The fraction of sp³-hybridized carbons (Fsp3) is 0.287. The third-order valence-electron chi connectivity index (χ3n) is 20.9. The fourth-order valence-electron chi connectivity index (χ4n) is 14.2. The van der Waals surface area contributed by atoms with Crippen molar-refractivity contribution >= 4 is 23.3 Å². The van der Waals surface area contributed by atoms with E-state index in [1.807, 2.05) is 253 Å². The predicted molar refractivity (Wildman–Crippen MR) is 480 cm³/mol. The minimum Gasteiger partial charge on any atom is -0.390 e. The number of nitriles is 2. The number of pyridine rings is 5. The maximum Gasteiger partial charge on any atom is 0.152 e. The van der Waals surface area contributed by atoms with Gasteiger partial charge < -0.3 is 60.0 Å². The Balaban J connectivity index is 0.000000152. The first-order chi connectivity index (χ1) is 60.3. The standard InChI is InChI=1S/C25H25N7O.C24H23N7O.C23H25N7O.C22H30N6O/c1-4-20(19-8-6-5-7-18(19)12-26)29-25-16(2)11-22(30-31-25)21-9-10-24(23(14-33)28-21)32-13-17(3)27-15-32;1-15-10-21(20-8-9-23(22(13-32)28-20)31-12-16(2)26-14-31)29-30-24(15)27-17(3)19-7-5-4-6-18(19)11-25;1-14-5-6-18(24-10-14)17(4)26-23-15(2)9-20(28-29-23)19-7-8-22(21(12-31)27-19)30-11-16(3)25-13-30;1-13(2)21(14(3)4)25-22-15(5)9-18(26-27-22)17-7-8-20(19(11-29)24-17)28-10-16(6)23-12-28/h5-11,13,15,20,33H,4,14H2,1-3H3,(H,29,31);4-10,12,14,17,32H,13H2,1-3H3,(H,27,30);5-11,13,17,31H,12H2,1-4H3,(H,26,29);7-10,12-14,21,29H,11H2,1-6H3,(H,25,27)/t20-;2*17-;/m000./s1. The summed E-state index contributed by atoms with van der Waals surface area (Å²) in [5.41, 5.74) is 23.0. The average molecular weight is 1680 g/mol. The number of hydrogen-bond donors (Lipinski definition) is 8. The number of aryl methyl sites for hydroxylation is 9. The van der Waals surface area contributed by atoms with E-state index in [1.54, 1.807) is 31.4 Å². The van der Waals surface area contributed by atoms with Crippen LogP contribution in [0.25, 0.3) is 68.3 Å². The monoisotopic (exact) mass is 1670 g/mol. The molecule has 0 fully saturated rings. The fourth-order valence-corrected chi connectivity index (χ4v) is 14.2. The van der Waals surface area contributed by atoms with Crippen molar-refractivity contribution in [2.75, 3.05) is 21.3 Å². The van der Waals surface area contributed by atoms with Crippen molar-refractivity contribution in [2.45, 2.75) is 168 Å². The van der Waals surface area contributed by atoms with E-state index in [4.69, 9.17) is 0 Å². The predicted octanol–water partition coefficient (Wildman–Crippen LogP) is 15.8. The van der Waals surface area contributed by atoms with Crippen LogP contribution in [0.15, 0.2) is 190 Å². The first kappa shape index (κ1) is 89.6. The van der Waals surface area contributed by atoms with Gasteiger partial charge in [-0.15, -0.1) is 40.8 Å². The molecule has 31 nitrogen and oxygen atoms in total. The number of imidazole rings is 4. The highest BCUT2D eigenvalue weighted by molar-refractivity contribution is 5.65. The first-order valence-electron chi connectivity index (χ1n) is 41.1. The van der Waals surface area contributed by atoms with E-state index >= 15 is 0 Å². The number of aliphatic hydroxyl groups excluding tert-OH is 4. The zero-order valence-electron chi connectivity index (χ0n) is 73.0. The van der Waals surface area contributed by atoms with Gasteiger partial charge in [0.15, 0.2) is 23.3 Å². The van der Waals surface area contributed by atoms with E-state index in [2.05, 4.69) is 154 Å². The van der Waals surface area contributed by atoms with Crippen LogP contribution in [0, 0.1) is 96.8 Å². The molecule has 3 atom stereocenters. The number of hydrogen-bond acceptors (Lipinski definition) is 27. The third-order valence-corrected chi connectivity index (χ3v) is 20.9. The van der Waals surface area contributed by atoms with E-state index in [0.717, 1.165) is 102 Å². The summed E-state index contributed by atoms with van der Waals surface area (Å²) in [4.78, 5) is 39.8. The molecule has 13 heterocycles. The van der Waals surface area contributed by atoms with Gasteiger partial charge in [-0.1, -0.05) is 77.1 Å². The van der Waals surface area contributed by atoms with Crippen molar-refractivity contribution in [3.05, 3.63) is 291 Å². The Morgan fingerprint density at radius 3 is 0.968 bits per heavy atom. The molecular weight excluding hydrogens is 1570 g/mol. The molecule has 0 saturated carbocycles. The van der Waals surface area contributed by atoms with Crippen LogP contribution in [0.5, 0.6) is 0 Å². The molecule has 638 valence electrons. The number of anilines is 4. The van der Waals surface area contributed by atoms with Crippen LogP contribution in [-0.2, 0) is 26.4 Å². The zero-order valence-corrected chi connectivity index (χ0v) is 73.0. The lowest BCUT2D eigenvalue weighted by Gasteiger charge is -2.27. The number of aliphatic hydroxyl groups is 4. The molecule has 8 N–H and O–H groups in total. The molecule has 0 spiro atoms. The van der Waals surface area contributed by atoms with E-state index in [0.29, 0.717) is 115 Å². The number of benzene rings is 2. The molecule has 125 heavy (non-hydrogen) atoms. The van der Waals surface area contributed by atoms with Gasteiger partial charge in [-0.3, -0.25) is 4.98 Å². The molecule has 0 aliphatic carbocycles. The van der Waals surface area contributed by atoms with Gasteiger partial charge in [0.2, 0.25) is 0 Å². The molecule has 0 unspecified atom stereocenters. The summed E-state index contributed by atoms with van der Waals surface area (Å²) in [6.07, 6.45) is 17.0. The van der Waals surface area contributed by atoms with E-state index < -0.39 is 0 Å². The topological polar surface area (TPSA) is 415 Å². The van der Waals surface area contributed by atoms with Gasteiger partial charge in [0.25, 0.3) is 0 Å². The molecule has 0 bridgehead atoms. The molecular formula is C94H103N27O4. The van der Waals surface area contributed by atoms with Gasteiger partial charge in [0.05, 0.1) is 190 Å². The molecule has 0 radical (unpaired) electrons. The summed E-state index contributed by atoms with van der Waals surface area (Å²) < 4.78 is 7.38. The van der Waals surface area contributed by atoms with Crippen molar-refractivity contribution in [1.29, 1.82) is 10.5 Å². The molecule has 0 aliphatic rings. The van der Waals surface area contributed by atoms with Gasteiger partial charge in [-0.25, -0.2) is 39.9 Å². The Morgan fingerprint density at radius 1 is 0.352 bits per heavy atom. The molecule has 31 heteroatoms. The van der Waals surface area contributed by atoms with Crippen LogP contribution < -0.4 is 21.3 Å². The lowest BCUT2D eigenvalue weighted by Crippen LogP contribution is -2.32. The SMILES string of the molecule is CC[C@H](Nc1nnc(-c2ccc(-n3cnc(C)c3)c(CO)n2)cc1C)c1ccccc1C#N.Cc1ccc([C@H](C)Nc2nnc(-c3ccc(-n4cnc(C)c4)c(CO)n3)cc2C)nc1.Cc1cn(-c2ccc(-c3cc(C)c(NC(C(C)C)C(C)C)nn3)nc2CO)cn1.Cc1cn(-c2ccc(-c3cc(C)c(N[C@@H](C)c4ccccc4C#N)nn3)nc2CO)cn1. The Morgan fingerprint density at radius 2 is 0.672 bits per heavy atom. The summed E-state index contributed by atoms with van der Waals surface area (Å²) >= 11 is 0. The highest BCUT2D eigenvalue weighted by Gasteiger charge is 2.24. The lowest BCUT2D eigenvalue weighted by molar-refractivity contribution is 0.276. The normalized spacial score (nSPS) is 11.8. The molecule has 2 aromatic carbocycles. The number of nitrogens with zero attached hydrogens (tertiary/aromatic N) is 23. The minimum absolute atomic E-state index is 0.00325. The van der Waals surface area contributed by atoms with Gasteiger partial charge in [0.1, 0.15) is 22.8 Å². The van der Waals surface area contributed by atoms with Crippen LogP contribution in [0.3, 0.4) is 0 Å². The maximum atomic E-state index is 9.87. The largest absolute Gasteiger partial charge is 0.390 e. The number of aromatic nitrogens is 21. The van der Waals surface area contributed by atoms with E-state index in [1.165, 1.54) is 0 Å². The van der Waals surface area contributed by atoms with Crippen molar-refractivity contribution in [1.82, 2.24) is 104 Å². The Hall–Kier alpha value is -14.6. The van der Waals surface area contributed by atoms with Crippen molar-refractivity contribution in [3.8, 4) is 80.4 Å². The minimum atomic E-state index is -0.206. The third kappa shape index (κ3) is 22.0. The maximum absolute atomic E-state index is 9.87. The van der Waals surface area contributed by atoms with Crippen molar-refractivity contribution < 1.29 is 20.4 Å². The van der Waals surface area contributed by atoms with Gasteiger partial charge >= 0.3 is 0 Å². The van der Waals surface area contributed by atoms with Gasteiger partial charge in [0, 0.05) is 37.0 Å². The quantitative estimate of drug-likeness (QED) is 0.0250. The molecule has 15 aromatic rings. The van der Waals surface area contributed by atoms with Crippen LogP contribution in [0.4, 0.5) is 23.3 Å². The van der Waals surface area contributed by atoms with Crippen LogP contribution in [-0.4, -0.2) is 130 Å². The summed E-state index contributed by atoms with van der Waals surface area (Å²) in [7, 11) is 0. The number of rotatable bonds is 26. The lowest BCUT2D eigenvalue weighted by atomic mass is 9.93. The smallest absolute Gasteiger partial charge is 0.152 e. The Bertz CT molecular complexity index is 6310. The second kappa shape index (κ2) is 41.3. The van der Waals surface area contributed by atoms with Crippen LogP contribution in [0.1, 0.15) is 174 Å². The van der Waals surface area contributed by atoms with E-state index in [-0.39, 0.29) is 44.6 Å². The van der Waals surface area contributed by atoms with E-state index in [9.17, 15) is 30.9 Å². The van der Waals surface area contributed by atoms with Gasteiger partial charge in [-0.05, 0) is 224 Å². The van der Waals surface area contributed by atoms with Crippen LogP contribution >= 0.6 is 0 Å². The zero-order chi connectivity index (χ0) is 89.1. The summed E-state index contributed by atoms with van der Waals surface area (Å²) in [5, 5.41) is 107. The second-order valence-corrected chi connectivity index (χ2v) is 31.2. The Labute approximate surface area is 726 Å². The van der Waals surface area contributed by atoms with Crippen molar-refractivity contribution in [2.24, 2.45) is 11.8 Å². The molecule has 13 aromatic heterocycles. The summed E-state index contributed by atoms with van der Waals surface area (Å²) in [5.74, 6) is 3.78. The molecule has 0 amide bonds. The van der Waals surface area contributed by atoms with Crippen molar-refractivity contribution in [3.63, 3.8) is 0 Å².